The van der Waals surface area contributed by atoms with Gasteiger partial charge in [-0.1, -0.05) is 13.0 Å². The van der Waals surface area contributed by atoms with Gasteiger partial charge in [-0.05, 0) is 31.0 Å². The van der Waals surface area contributed by atoms with Gasteiger partial charge in [0.1, 0.15) is 0 Å². The van der Waals surface area contributed by atoms with Gasteiger partial charge in [0.05, 0.1) is 11.5 Å². The molecule has 118 valence electrons. The van der Waals surface area contributed by atoms with Crippen molar-refractivity contribution in [2.24, 2.45) is 0 Å². The number of amides is 1. The van der Waals surface area contributed by atoms with Crippen molar-refractivity contribution in [2.75, 3.05) is 14.2 Å². The summed E-state index contributed by atoms with van der Waals surface area (Å²) in [4.78, 5) is 13.8. The van der Waals surface area contributed by atoms with E-state index >= 15 is 0 Å². The van der Waals surface area contributed by atoms with Crippen molar-refractivity contribution in [1.82, 2.24) is 4.90 Å². The summed E-state index contributed by atoms with van der Waals surface area (Å²) >= 11 is 0. The molecular formula is C14H20ClNO4S. The van der Waals surface area contributed by atoms with Crippen LogP contribution in [0.25, 0.3) is 0 Å². The quantitative estimate of drug-likeness (QED) is 0.751. The van der Waals surface area contributed by atoms with Crippen LogP contribution in [0.2, 0.25) is 0 Å². The summed E-state index contributed by atoms with van der Waals surface area (Å²) in [5.41, 5.74) is 0.715. The van der Waals surface area contributed by atoms with Gasteiger partial charge in [-0.2, -0.15) is 0 Å². The van der Waals surface area contributed by atoms with Crippen LogP contribution in [-0.4, -0.2) is 39.4 Å². The molecule has 1 amide bonds. The lowest BCUT2D eigenvalue weighted by molar-refractivity contribution is 0.0740. The molecule has 1 rings (SSSR count). The minimum absolute atomic E-state index is 0.0622. The highest BCUT2D eigenvalue weighted by atomic mass is 35.7. The summed E-state index contributed by atoms with van der Waals surface area (Å²) in [6.45, 7) is 4.01. The molecule has 0 aromatic heterocycles. The molecule has 1 atom stereocenters. The molecule has 7 heteroatoms. The second kappa shape index (κ2) is 7.24. The van der Waals surface area contributed by atoms with Gasteiger partial charge in [-0.15, -0.1) is 0 Å². The highest BCUT2D eigenvalue weighted by molar-refractivity contribution is 8.13. The summed E-state index contributed by atoms with van der Waals surface area (Å²) in [7, 11) is 4.64. The number of hydrogen-bond acceptors (Lipinski definition) is 4. The zero-order chi connectivity index (χ0) is 16.2. The number of methoxy groups -OCH3 is 1. The Balaban J connectivity index is 3.25. The molecule has 0 N–H and O–H groups in total. The SMILES string of the molecule is CCC(C)N(C)C(=O)c1ccc(COC)c(S(=O)(=O)Cl)c1. The van der Waals surface area contributed by atoms with Crippen molar-refractivity contribution in [3.05, 3.63) is 29.3 Å². The molecule has 0 heterocycles. The number of benzene rings is 1. The number of halogens is 1. The van der Waals surface area contributed by atoms with Crippen LogP contribution in [0.15, 0.2) is 23.1 Å². The van der Waals surface area contributed by atoms with Gasteiger partial charge in [-0.25, -0.2) is 8.42 Å². The standard InChI is InChI=1S/C14H20ClNO4S/c1-5-10(2)16(3)14(17)11-6-7-12(9-20-4)13(8-11)21(15,18)19/h6-8,10H,5,9H2,1-4H3. The van der Waals surface area contributed by atoms with Crippen LogP contribution in [0, 0.1) is 0 Å². The number of carbonyl (C=O) groups is 1. The van der Waals surface area contributed by atoms with Crippen LogP contribution in [-0.2, 0) is 20.4 Å². The van der Waals surface area contributed by atoms with Crippen molar-refractivity contribution >= 4 is 25.6 Å². The van der Waals surface area contributed by atoms with Crippen LogP contribution in [0.3, 0.4) is 0 Å². The van der Waals surface area contributed by atoms with Crippen LogP contribution in [0.1, 0.15) is 36.2 Å². The first-order chi connectivity index (χ1) is 9.72. The van der Waals surface area contributed by atoms with Crippen LogP contribution in [0.4, 0.5) is 0 Å². The van der Waals surface area contributed by atoms with E-state index in [1.165, 1.54) is 13.2 Å². The topological polar surface area (TPSA) is 63.7 Å². The monoisotopic (exact) mass is 333 g/mol. The Morgan fingerprint density at radius 1 is 1.43 bits per heavy atom. The molecule has 1 aromatic carbocycles. The number of nitrogens with zero attached hydrogens (tertiary/aromatic N) is 1. The molecule has 0 saturated heterocycles. The zero-order valence-electron chi connectivity index (χ0n) is 12.6. The van der Waals surface area contributed by atoms with E-state index < -0.39 is 9.05 Å². The summed E-state index contributed by atoms with van der Waals surface area (Å²) in [6, 6.07) is 4.50. The van der Waals surface area contributed by atoms with E-state index in [2.05, 4.69) is 0 Å². The summed E-state index contributed by atoms with van der Waals surface area (Å²) in [5, 5.41) is 0. The molecule has 1 unspecified atom stereocenters. The lowest BCUT2D eigenvalue weighted by atomic mass is 10.1. The minimum Gasteiger partial charge on any atom is -0.380 e. The summed E-state index contributed by atoms with van der Waals surface area (Å²) < 4.78 is 28.2. The van der Waals surface area contributed by atoms with Crippen LogP contribution in [0.5, 0.6) is 0 Å². The first-order valence-electron chi connectivity index (χ1n) is 6.56. The molecule has 0 aliphatic heterocycles. The Morgan fingerprint density at radius 2 is 2.05 bits per heavy atom. The van der Waals surface area contributed by atoms with E-state index in [0.29, 0.717) is 5.56 Å². The van der Waals surface area contributed by atoms with E-state index in [9.17, 15) is 13.2 Å². The largest absolute Gasteiger partial charge is 0.380 e. The van der Waals surface area contributed by atoms with E-state index in [-0.39, 0.29) is 29.0 Å². The molecule has 21 heavy (non-hydrogen) atoms. The van der Waals surface area contributed by atoms with E-state index in [1.54, 1.807) is 24.1 Å². The second-order valence-electron chi connectivity index (χ2n) is 4.87. The lowest BCUT2D eigenvalue weighted by Gasteiger charge is -2.24. The Labute approximate surface area is 130 Å². The van der Waals surface area contributed by atoms with Crippen LogP contribution < -0.4 is 0 Å². The smallest absolute Gasteiger partial charge is 0.261 e. The van der Waals surface area contributed by atoms with Crippen molar-refractivity contribution in [3.63, 3.8) is 0 Å². The third kappa shape index (κ3) is 4.43. The zero-order valence-corrected chi connectivity index (χ0v) is 14.2. The summed E-state index contributed by atoms with van der Waals surface area (Å²) in [6.07, 6.45) is 0.810. The molecule has 0 radical (unpaired) electrons. The Bertz CT molecular complexity index is 615. The number of rotatable bonds is 6. The fraction of sp³-hybridized carbons (Fsp3) is 0.500. The molecule has 0 aliphatic rings. The van der Waals surface area contributed by atoms with Crippen molar-refractivity contribution < 1.29 is 17.9 Å². The summed E-state index contributed by atoms with van der Waals surface area (Å²) in [5.74, 6) is -0.241. The predicted octanol–water partition coefficient (Wildman–Crippen LogP) is 2.63. The molecular weight excluding hydrogens is 314 g/mol. The molecule has 5 nitrogen and oxygen atoms in total. The molecule has 0 bridgehead atoms. The van der Waals surface area contributed by atoms with Crippen molar-refractivity contribution in [2.45, 2.75) is 37.8 Å². The van der Waals surface area contributed by atoms with E-state index in [4.69, 9.17) is 15.4 Å². The Kier molecular flexibility index (Phi) is 6.19. The fourth-order valence-corrected chi connectivity index (χ4v) is 3.01. The van der Waals surface area contributed by atoms with Gasteiger partial charge in [-0.3, -0.25) is 4.79 Å². The van der Waals surface area contributed by atoms with Crippen LogP contribution >= 0.6 is 10.7 Å². The fourth-order valence-electron chi connectivity index (χ4n) is 1.87. The first kappa shape index (κ1) is 17.9. The number of carbonyl (C=O) groups excluding carboxylic acids is 1. The maximum atomic E-state index is 12.4. The normalized spacial score (nSPS) is 13.0. The number of ether oxygens (including phenoxy) is 1. The molecule has 0 spiro atoms. The first-order valence-corrected chi connectivity index (χ1v) is 8.87. The third-order valence-electron chi connectivity index (χ3n) is 3.45. The highest BCUT2D eigenvalue weighted by Crippen LogP contribution is 2.23. The molecule has 1 aromatic rings. The van der Waals surface area contributed by atoms with Crippen molar-refractivity contribution in [1.29, 1.82) is 0 Å². The van der Waals surface area contributed by atoms with Gasteiger partial charge >= 0.3 is 0 Å². The Hall–Kier alpha value is -1.11. The van der Waals surface area contributed by atoms with E-state index in [0.717, 1.165) is 6.42 Å². The maximum Gasteiger partial charge on any atom is 0.261 e. The van der Waals surface area contributed by atoms with Gasteiger partial charge < -0.3 is 9.64 Å². The maximum absolute atomic E-state index is 12.4. The van der Waals surface area contributed by atoms with Crippen molar-refractivity contribution in [3.8, 4) is 0 Å². The lowest BCUT2D eigenvalue weighted by Crippen LogP contribution is -2.34. The van der Waals surface area contributed by atoms with Gasteiger partial charge in [0, 0.05) is 36.4 Å². The molecule has 0 saturated carbocycles. The van der Waals surface area contributed by atoms with Gasteiger partial charge in [0.25, 0.3) is 15.0 Å². The second-order valence-corrected chi connectivity index (χ2v) is 7.40. The number of hydrogen-bond donors (Lipinski definition) is 0. The van der Waals surface area contributed by atoms with Gasteiger partial charge in [0.15, 0.2) is 0 Å². The molecule has 0 aliphatic carbocycles. The minimum atomic E-state index is -3.94. The predicted molar refractivity (Wildman–Crippen MR) is 82.0 cm³/mol. The third-order valence-corrected chi connectivity index (χ3v) is 4.85. The molecule has 0 fully saturated rings. The highest BCUT2D eigenvalue weighted by Gasteiger charge is 2.21. The van der Waals surface area contributed by atoms with Gasteiger partial charge in [0.2, 0.25) is 0 Å². The average molecular weight is 334 g/mol. The Morgan fingerprint density at radius 3 is 2.52 bits per heavy atom. The average Bonchev–Trinajstić information content (AvgIpc) is 2.44. The van der Waals surface area contributed by atoms with E-state index in [1.807, 2.05) is 13.8 Å².